The maximum Gasteiger partial charge on any atom is 0.261 e. The molecule has 1 saturated heterocycles. The standard InChI is InChI=1S/C22H25N3O5S/c1-16-7-6-8-18(15-16)20(27)23-21(31(29,30)19-9-4-3-5-10-19)22(28)25-13-11-24(12-14-25)17(2)26/h3-10,15,21H,11-14H2,1-2H3,(H,23,27). The Bertz CT molecular complexity index is 1080. The number of nitrogens with one attached hydrogen (secondary N) is 1. The summed E-state index contributed by atoms with van der Waals surface area (Å²) < 4.78 is 26.6. The van der Waals surface area contributed by atoms with Gasteiger partial charge in [-0.1, -0.05) is 35.9 Å². The highest BCUT2D eigenvalue weighted by Gasteiger charge is 2.39. The molecule has 9 heteroatoms. The number of sulfone groups is 1. The molecule has 3 rings (SSSR count). The zero-order valence-electron chi connectivity index (χ0n) is 17.4. The summed E-state index contributed by atoms with van der Waals surface area (Å²) in [6.07, 6.45) is 0. The second-order valence-corrected chi connectivity index (χ2v) is 9.45. The van der Waals surface area contributed by atoms with Gasteiger partial charge in [0.15, 0.2) is 0 Å². The van der Waals surface area contributed by atoms with Crippen LogP contribution < -0.4 is 5.32 Å². The van der Waals surface area contributed by atoms with Crippen LogP contribution in [-0.2, 0) is 19.4 Å². The molecule has 0 bridgehead atoms. The minimum absolute atomic E-state index is 0.0553. The Kier molecular flexibility index (Phi) is 6.74. The highest BCUT2D eigenvalue weighted by Crippen LogP contribution is 2.18. The van der Waals surface area contributed by atoms with Crippen molar-refractivity contribution in [3.8, 4) is 0 Å². The Morgan fingerprint density at radius 3 is 2.10 bits per heavy atom. The first kappa shape index (κ1) is 22.5. The maximum atomic E-state index is 13.3. The summed E-state index contributed by atoms with van der Waals surface area (Å²) in [6.45, 7) is 4.27. The molecule has 0 spiro atoms. The quantitative estimate of drug-likeness (QED) is 0.748. The van der Waals surface area contributed by atoms with Crippen LogP contribution in [0.4, 0.5) is 0 Å². The molecule has 31 heavy (non-hydrogen) atoms. The topological polar surface area (TPSA) is 104 Å². The second kappa shape index (κ2) is 9.30. The average Bonchev–Trinajstić information content (AvgIpc) is 2.77. The first-order valence-corrected chi connectivity index (χ1v) is 11.5. The number of amides is 3. The van der Waals surface area contributed by atoms with Gasteiger partial charge in [0.2, 0.25) is 21.1 Å². The van der Waals surface area contributed by atoms with Crippen molar-refractivity contribution in [1.82, 2.24) is 15.1 Å². The van der Waals surface area contributed by atoms with E-state index in [0.717, 1.165) is 5.56 Å². The van der Waals surface area contributed by atoms with E-state index in [1.807, 2.05) is 13.0 Å². The van der Waals surface area contributed by atoms with Crippen molar-refractivity contribution in [2.24, 2.45) is 0 Å². The van der Waals surface area contributed by atoms with Gasteiger partial charge in [-0.2, -0.15) is 0 Å². The van der Waals surface area contributed by atoms with Gasteiger partial charge in [0.25, 0.3) is 11.8 Å². The van der Waals surface area contributed by atoms with E-state index in [1.165, 1.54) is 24.0 Å². The fourth-order valence-corrected chi connectivity index (χ4v) is 4.90. The fraction of sp³-hybridized carbons (Fsp3) is 0.318. The lowest BCUT2D eigenvalue weighted by atomic mass is 10.1. The molecule has 3 amide bonds. The van der Waals surface area contributed by atoms with E-state index in [2.05, 4.69) is 5.32 Å². The molecule has 1 unspecified atom stereocenters. The van der Waals surface area contributed by atoms with Crippen molar-refractivity contribution >= 4 is 27.6 Å². The first-order chi connectivity index (χ1) is 14.7. The molecule has 2 aromatic carbocycles. The van der Waals surface area contributed by atoms with Crippen LogP contribution in [0.5, 0.6) is 0 Å². The molecule has 0 radical (unpaired) electrons. The molecule has 1 N–H and O–H groups in total. The lowest BCUT2D eigenvalue weighted by molar-refractivity contribution is -0.138. The summed E-state index contributed by atoms with van der Waals surface area (Å²) in [5.74, 6) is -1.47. The Morgan fingerprint density at radius 1 is 0.903 bits per heavy atom. The average molecular weight is 444 g/mol. The number of carbonyl (C=O) groups excluding carboxylic acids is 3. The van der Waals surface area contributed by atoms with Gasteiger partial charge in [0.05, 0.1) is 4.90 Å². The van der Waals surface area contributed by atoms with Crippen molar-refractivity contribution < 1.29 is 22.8 Å². The van der Waals surface area contributed by atoms with E-state index < -0.39 is 27.0 Å². The van der Waals surface area contributed by atoms with Crippen LogP contribution in [0.2, 0.25) is 0 Å². The Balaban J connectivity index is 1.90. The molecule has 1 atom stereocenters. The number of aryl methyl sites for hydroxylation is 1. The van der Waals surface area contributed by atoms with E-state index in [4.69, 9.17) is 0 Å². The molecule has 1 aliphatic heterocycles. The maximum absolute atomic E-state index is 13.3. The Labute approximate surface area is 181 Å². The van der Waals surface area contributed by atoms with E-state index in [-0.39, 0.29) is 29.5 Å². The summed E-state index contributed by atoms with van der Waals surface area (Å²) in [6, 6.07) is 14.3. The van der Waals surface area contributed by atoms with Crippen LogP contribution in [0.25, 0.3) is 0 Å². The van der Waals surface area contributed by atoms with Gasteiger partial charge < -0.3 is 15.1 Å². The zero-order valence-corrected chi connectivity index (χ0v) is 18.3. The van der Waals surface area contributed by atoms with Gasteiger partial charge >= 0.3 is 0 Å². The zero-order chi connectivity index (χ0) is 22.6. The van der Waals surface area contributed by atoms with Gasteiger partial charge in [-0.25, -0.2) is 8.42 Å². The molecule has 1 aliphatic rings. The highest BCUT2D eigenvalue weighted by atomic mass is 32.2. The molecule has 8 nitrogen and oxygen atoms in total. The molecule has 0 saturated carbocycles. The Morgan fingerprint density at radius 2 is 1.52 bits per heavy atom. The van der Waals surface area contributed by atoms with E-state index >= 15 is 0 Å². The summed E-state index contributed by atoms with van der Waals surface area (Å²) in [7, 11) is -4.20. The molecule has 1 heterocycles. The number of piperazine rings is 1. The lowest BCUT2D eigenvalue weighted by Crippen LogP contribution is -2.57. The van der Waals surface area contributed by atoms with Gasteiger partial charge in [0, 0.05) is 38.7 Å². The van der Waals surface area contributed by atoms with Crippen LogP contribution in [0, 0.1) is 6.92 Å². The number of rotatable bonds is 5. The van der Waals surface area contributed by atoms with Crippen molar-refractivity contribution in [1.29, 1.82) is 0 Å². The van der Waals surface area contributed by atoms with Crippen molar-refractivity contribution in [2.75, 3.05) is 26.2 Å². The highest BCUT2D eigenvalue weighted by molar-refractivity contribution is 7.92. The molecular formula is C22H25N3O5S. The minimum atomic E-state index is -4.20. The molecular weight excluding hydrogens is 418 g/mol. The smallest absolute Gasteiger partial charge is 0.261 e. The SMILES string of the molecule is CC(=O)N1CCN(C(=O)C(NC(=O)c2cccc(C)c2)S(=O)(=O)c2ccccc2)CC1. The molecule has 2 aromatic rings. The van der Waals surface area contributed by atoms with E-state index in [9.17, 15) is 22.8 Å². The van der Waals surface area contributed by atoms with Crippen LogP contribution in [-0.4, -0.2) is 67.5 Å². The van der Waals surface area contributed by atoms with Crippen LogP contribution in [0.1, 0.15) is 22.8 Å². The largest absolute Gasteiger partial charge is 0.339 e. The third kappa shape index (κ3) is 5.11. The van der Waals surface area contributed by atoms with Crippen molar-refractivity contribution in [3.63, 3.8) is 0 Å². The van der Waals surface area contributed by atoms with Crippen LogP contribution in [0.3, 0.4) is 0 Å². The predicted octanol–water partition coefficient (Wildman–Crippen LogP) is 1.22. The van der Waals surface area contributed by atoms with Crippen molar-refractivity contribution in [2.45, 2.75) is 24.1 Å². The van der Waals surface area contributed by atoms with Gasteiger partial charge in [-0.3, -0.25) is 14.4 Å². The summed E-state index contributed by atoms with van der Waals surface area (Å²) >= 11 is 0. The molecule has 0 aromatic heterocycles. The third-order valence-electron chi connectivity index (χ3n) is 5.19. The van der Waals surface area contributed by atoms with Crippen molar-refractivity contribution in [3.05, 3.63) is 65.7 Å². The normalized spacial score (nSPS) is 15.3. The van der Waals surface area contributed by atoms with E-state index in [1.54, 1.807) is 41.3 Å². The second-order valence-electron chi connectivity index (χ2n) is 7.41. The van der Waals surface area contributed by atoms with Gasteiger partial charge in [0.1, 0.15) is 0 Å². The van der Waals surface area contributed by atoms with Gasteiger partial charge in [-0.15, -0.1) is 0 Å². The summed E-state index contributed by atoms with van der Waals surface area (Å²) in [4.78, 5) is 40.5. The summed E-state index contributed by atoms with van der Waals surface area (Å²) in [5, 5.41) is 0.660. The number of hydrogen-bond acceptors (Lipinski definition) is 5. The van der Waals surface area contributed by atoms with E-state index in [0.29, 0.717) is 13.1 Å². The number of benzene rings is 2. The number of carbonyl (C=O) groups is 3. The lowest BCUT2D eigenvalue weighted by Gasteiger charge is -2.36. The first-order valence-electron chi connectivity index (χ1n) is 9.91. The predicted molar refractivity (Wildman–Crippen MR) is 115 cm³/mol. The molecule has 0 aliphatic carbocycles. The number of hydrogen-bond donors (Lipinski definition) is 1. The van der Waals surface area contributed by atoms with Gasteiger partial charge in [-0.05, 0) is 31.2 Å². The fourth-order valence-electron chi connectivity index (χ4n) is 3.41. The molecule has 1 fully saturated rings. The third-order valence-corrected chi connectivity index (χ3v) is 7.05. The van der Waals surface area contributed by atoms with Crippen LogP contribution >= 0.6 is 0 Å². The summed E-state index contributed by atoms with van der Waals surface area (Å²) in [5.41, 5.74) is 1.10. The monoisotopic (exact) mass is 443 g/mol. The van der Waals surface area contributed by atoms with Crippen LogP contribution in [0.15, 0.2) is 59.5 Å². The number of nitrogens with zero attached hydrogens (tertiary/aromatic N) is 2. The minimum Gasteiger partial charge on any atom is -0.339 e. The molecule has 164 valence electrons. The Hall–Kier alpha value is -3.20.